The quantitative estimate of drug-likeness (QED) is 0.835. The lowest BCUT2D eigenvalue weighted by molar-refractivity contribution is 0.574. The predicted molar refractivity (Wildman–Crippen MR) is 69.6 cm³/mol. The molecule has 1 heterocycles. The third-order valence-electron chi connectivity index (χ3n) is 2.58. The molecule has 2 aromatic rings. The van der Waals surface area contributed by atoms with Crippen LogP contribution < -0.4 is 0 Å². The molecule has 0 saturated heterocycles. The Labute approximate surface area is 104 Å². The minimum atomic E-state index is 0.466. The number of hydrogen-bond acceptors (Lipinski definition) is 1. The fraction of sp³-hybridized carbons (Fsp3) is 0.308. The van der Waals surface area contributed by atoms with Gasteiger partial charge in [-0.2, -0.15) is 0 Å². The van der Waals surface area contributed by atoms with Gasteiger partial charge in [0, 0.05) is 29.3 Å². The van der Waals surface area contributed by atoms with Gasteiger partial charge in [0.2, 0.25) is 0 Å². The molecule has 1 aromatic carbocycles. The van der Waals surface area contributed by atoms with Crippen molar-refractivity contribution in [2.45, 2.75) is 26.3 Å². The van der Waals surface area contributed by atoms with Crippen LogP contribution in [0, 0.1) is 0 Å². The monoisotopic (exact) mass is 278 g/mol. The maximum Gasteiger partial charge on any atom is 0.113 e. The summed E-state index contributed by atoms with van der Waals surface area (Å²) in [6.45, 7) is 4.35. The second kappa shape index (κ2) is 4.83. The van der Waals surface area contributed by atoms with Crippen LogP contribution in [0.4, 0.5) is 0 Å². The van der Waals surface area contributed by atoms with Crippen LogP contribution in [-0.4, -0.2) is 9.55 Å². The summed E-state index contributed by atoms with van der Waals surface area (Å²) in [5.41, 5.74) is 1.29. The Balaban J connectivity index is 2.20. The van der Waals surface area contributed by atoms with Crippen LogP contribution in [0.15, 0.2) is 41.1 Å². The summed E-state index contributed by atoms with van der Waals surface area (Å²) < 4.78 is 3.32. The van der Waals surface area contributed by atoms with Crippen LogP contribution in [0.3, 0.4) is 0 Å². The van der Waals surface area contributed by atoms with E-state index in [1.165, 1.54) is 5.56 Å². The number of rotatable bonds is 3. The molecule has 0 aliphatic rings. The van der Waals surface area contributed by atoms with E-state index in [1.54, 1.807) is 0 Å². The van der Waals surface area contributed by atoms with Crippen LogP contribution in [-0.2, 0) is 6.42 Å². The van der Waals surface area contributed by atoms with E-state index in [2.05, 4.69) is 63.6 Å². The van der Waals surface area contributed by atoms with Crippen molar-refractivity contribution in [1.29, 1.82) is 0 Å². The first-order valence-corrected chi connectivity index (χ1v) is 6.22. The summed E-state index contributed by atoms with van der Waals surface area (Å²) in [6.07, 6.45) is 4.80. The summed E-state index contributed by atoms with van der Waals surface area (Å²) in [7, 11) is 0. The van der Waals surface area contributed by atoms with E-state index in [-0.39, 0.29) is 0 Å². The Kier molecular flexibility index (Phi) is 3.44. The molecule has 0 fully saturated rings. The van der Waals surface area contributed by atoms with Gasteiger partial charge < -0.3 is 4.57 Å². The van der Waals surface area contributed by atoms with Gasteiger partial charge in [0.05, 0.1) is 0 Å². The highest BCUT2D eigenvalue weighted by Gasteiger charge is 2.06. The Hall–Kier alpha value is -1.09. The zero-order chi connectivity index (χ0) is 11.5. The first-order chi connectivity index (χ1) is 7.66. The highest BCUT2D eigenvalue weighted by atomic mass is 79.9. The molecule has 0 amide bonds. The fourth-order valence-corrected chi connectivity index (χ4v) is 2.00. The van der Waals surface area contributed by atoms with E-state index in [9.17, 15) is 0 Å². The molecule has 0 unspecified atom stereocenters. The Morgan fingerprint density at radius 2 is 1.94 bits per heavy atom. The zero-order valence-electron chi connectivity index (χ0n) is 9.52. The molecule has 0 bridgehead atoms. The maximum absolute atomic E-state index is 4.41. The Morgan fingerprint density at radius 3 is 2.56 bits per heavy atom. The average molecular weight is 279 g/mol. The van der Waals surface area contributed by atoms with Crippen LogP contribution in [0.1, 0.15) is 31.3 Å². The van der Waals surface area contributed by atoms with Crippen molar-refractivity contribution in [3.05, 3.63) is 52.5 Å². The van der Waals surface area contributed by atoms with Crippen molar-refractivity contribution in [3.63, 3.8) is 0 Å². The van der Waals surface area contributed by atoms with E-state index >= 15 is 0 Å². The van der Waals surface area contributed by atoms with E-state index in [0.717, 1.165) is 16.7 Å². The lowest BCUT2D eigenvalue weighted by Crippen LogP contribution is -2.05. The first kappa shape index (κ1) is 11.4. The smallest absolute Gasteiger partial charge is 0.113 e. The van der Waals surface area contributed by atoms with Crippen LogP contribution >= 0.6 is 15.9 Å². The molecule has 1 aromatic heterocycles. The molecule has 0 N–H and O–H groups in total. The normalized spacial score (nSPS) is 11.0. The van der Waals surface area contributed by atoms with E-state index < -0.39 is 0 Å². The minimum absolute atomic E-state index is 0.466. The van der Waals surface area contributed by atoms with Gasteiger partial charge in [-0.05, 0) is 31.5 Å². The highest BCUT2D eigenvalue weighted by Crippen LogP contribution is 2.15. The zero-order valence-corrected chi connectivity index (χ0v) is 11.1. The standard InChI is InChI=1S/C13H15BrN2/c1-10(2)16-8-7-15-13(16)9-11-3-5-12(14)6-4-11/h3-8,10H,9H2,1-2H3. The van der Waals surface area contributed by atoms with Crippen molar-refractivity contribution in [3.8, 4) is 0 Å². The molecule has 0 saturated carbocycles. The second-order valence-corrected chi connectivity index (χ2v) is 5.06. The molecule has 0 aliphatic heterocycles. The number of nitrogens with zero attached hydrogens (tertiary/aromatic N) is 2. The second-order valence-electron chi connectivity index (χ2n) is 4.15. The number of imidazole rings is 1. The van der Waals surface area contributed by atoms with Crippen LogP contribution in [0.5, 0.6) is 0 Å². The lowest BCUT2D eigenvalue weighted by atomic mass is 10.1. The molecule has 3 heteroatoms. The van der Waals surface area contributed by atoms with E-state index in [0.29, 0.717) is 6.04 Å². The van der Waals surface area contributed by atoms with Gasteiger partial charge >= 0.3 is 0 Å². The fourth-order valence-electron chi connectivity index (χ4n) is 1.74. The van der Waals surface area contributed by atoms with Crippen molar-refractivity contribution in [2.24, 2.45) is 0 Å². The number of halogens is 1. The summed E-state index contributed by atoms with van der Waals surface area (Å²) >= 11 is 3.44. The molecular formula is C13H15BrN2. The lowest BCUT2D eigenvalue weighted by Gasteiger charge is -2.11. The predicted octanol–water partition coefficient (Wildman–Crippen LogP) is 3.82. The van der Waals surface area contributed by atoms with Gasteiger partial charge in [-0.15, -0.1) is 0 Å². The summed E-state index contributed by atoms with van der Waals surface area (Å²) in [4.78, 5) is 4.41. The molecular weight excluding hydrogens is 264 g/mol. The van der Waals surface area contributed by atoms with Crippen molar-refractivity contribution in [2.75, 3.05) is 0 Å². The SMILES string of the molecule is CC(C)n1ccnc1Cc1ccc(Br)cc1. The molecule has 0 atom stereocenters. The van der Waals surface area contributed by atoms with E-state index in [1.807, 2.05) is 12.4 Å². The molecule has 16 heavy (non-hydrogen) atoms. The number of benzene rings is 1. The van der Waals surface area contributed by atoms with Crippen LogP contribution in [0.2, 0.25) is 0 Å². The van der Waals surface area contributed by atoms with Crippen molar-refractivity contribution in [1.82, 2.24) is 9.55 Å². The van der Waals surface area contributed by atoms with Gasteiger partial charge in [0.25, 0.3) is 0 Å². The largest absolute Gasteiger partial charge is 0.332 e. The molecule has 0 radical (unpaired) electrons. The highest BCUT2D eigenvalue weighted by molar-refractivity contribution is 9.10. The third-order valence-corrected chi connectivity index (χ3v) is 3.11. The Morgan fingerprint density at radius 1 is 1.25 bits per heavy atom. The van der Waals surface area contributed by atoms with Gasteiger partial charge in [0.15, 0.2) is 0 Å². The average Bonchev–Trinajstić information content (AvgIpc) is 2.69. The molecule has 84 valence electrons. The summed E-state index contributed by atoms with van der Waals surface area (Å²) in [5, 5.41) is 0. The van der Waals surface area contributed by atoms with Gasteiger partial charge in [-0.25, -0.2) is 4.98 Å². The van der Waals surface area contributed by atoms with E-state index in [4.69, 9.17) is 0 Å². The first-order valence-electron chi connectivity index (χ1n) is 5.43. The van der Waals surface area contributed by atoms with Crippen molar-refractivity contribution >= 4 is 15.9 Å². The number of hydrogen-bond donors (Lipinski definition) is 0. The molecule has 0 spiro atoms. The molecule has 0 aliphatic carbocycles. The minimum Gasteiger partial charge on any atom is -0.332 e. The van der Waals surface area contributed by atoms with Gasteiger partial charge in [-0.1, -0.05) is 28.1 Å². The summed E-state index contributed by atoms with van der Waals surface area (Å²) in [6, 6.07) is 8.86. The molecule has 2 rings (SSSR count). The van der Waals surface area contributed by atoms with Crippen molar-refractivity contribution < 1.29 is 0 Å². The topological polar surface area (TPSA) is 17.8 Å². The summed E-state index contributed by atoms with van der Waals surface area (Å²) in [5.74, 6) is 1.12. The van der Waals surface area contributed by atoms with Gasteiger partial charge in [-0.3, -0.25) is 0 Å². The van der Waals surface area contributed by atoms with Gasteiger partial charge in [0.1, 0.15) is 5.82 Å². The maximum atomic E-state index is 4.41. The number of aromatic nitrogens is 2. The Bertz CT molecular complexity index is 457. The van der Waals surface area contributed by atoms with Crippen LogP contribution in [0.25, 0.3) is 0 Å². The molecule has 2 nitrogen and oxygen atoms in total. The third kappa shape index (κ3) is 2.53.